The van der Waals surface area contributed by atoms with Crippen molar-refractivity contribution in [3.63, 3.8) is 0 Å². The molecule has 3 rings (SSSR count). The molecule has 0 bridgehead atoms. The number of aromatic nitrogens is 1. The second kappa shape index (κ2) is 6.21. The molecule has 2 aromatic carbocycles. The lowest BCUT2D eigenvalue weighted by molar-refractivity contribution is 0.0591. The second-order valence-corrected chi connectivity index (χ2v) is 5.53. The van der Waals surface area contributed by atoms with Gasteiger partial charge in [-0.15, -0.1) is 0 Å². The maximum Gasteiger partial charge on any atom is 0.360 e. The third-order valence-electron chi connectivity index (χ3n) is 3.22. The van der Waals surface area contributed by atoms with E-state index in [-0.39, 0.29) is 11.6 Å². The van der Waals surface area contributed by atoms with Crippen molar-refractivity contribution in [2.45, 2.75) is 0 Å². The van der Waals surface area contributed by atoms with Crippen LogP contribution in [0.2, 0.25) is 0 Å². The third kappa shape index (κ3) is 2.95. The topological polar surface area (TPSA) is 81.4 Å². The number of rotatable bonds is 3. The Morgan fingerprint density at radius 3 is 2.65 bits per heavy atom. The van der Waals surface area contributed by atoms with Gasteiger partial charge in [-0.25, -0.2) is 4.79 Å². The molecule has 7 heteroatoms. The Morgan fingerprint density at radius 2 is 1.96 bits per heavy atom. The fourth-order valence-corrected chi connectivity index (χ4v) is 2.52. The third-order valence-corrected chi connectivity index (χ3v) is 3.88. The van der Waals surface area contributed by atoms with Crippen LogP contribution < -0.4 is 5.32 Å². The van der Waals surface area contributed by atoms with Crippen LogP contribution in [-0.2, 0) is 4.74 Å². The molecule has 0 aliphatic rings. The van der Waals surface area contributed by atoms with Gasteiger partial charge in [0.2, 0.25) is 0 Å². The van der Waals surface area contributed by atoms with Gasteiger partial charge in [0.25, 0.3) is 5.91 Å². The van der Waals surface area contributed by atoms with Crippen LogP contribution >= 0.6 is 15.9 Å². The minimum atomic E-state index is -0.586. The van der Waals surface area contributed by atoms with Gasteiger partial charge in [0.15, 0.2) is 11.3 Å². The molecule has 1 amide bonds. The number of nitrogens with one attached hydrogen (secondary N) is 1. The summed E-state index contributed by atoms with van der Waals surface area (Å²) in [4.78, 5) is 23.8. The lowest BCUT2D eigenvalue weighted by Crippen LogP contribution is -2.12. The van der Waals surface area contributed by atoms with E-state index in [4.69, 9.17) is 4.52 Å². The summed E-state index contributed by atoms with van der Waals surface area (Å²) in [6.45, 7) is 0. The minimum absolute atomic E-state index is 0.0872. The van der Waals surface area contributed by atoms with Gasteiger partial charge in [-0.3, -0.25) is 4.79 Å². The van der Waals surface area contributed by atoms with E-state index in [2.05, 4.69) is 31.1 Å². The van der Waals surface area contributed by atoms with E-state index in [1.807, 2.05) is 6.07 Å². The number of methoxy groups -OCH3 is 1. The summed E-state index contributed by atoms with van der Waals surface area (Å²) < 4.78 is 10.4. The van der Waals surface area contributed by atoms with E-state index < -0.39 is 5.97 Å². The van der Waals surface area contributed by atoms with Crippen molar-refractivity contribution in [3.8, 4) is 0 Å². The van der Waals surface area contributed by atoms with Crippen molar-refractivity contribution in [2.75, 3.05) is 12.4 Å². The Labute approximate surface area is 139 Å². The molecular weight excluding hydrogens is 364 g/mol. The molecular formula is C16H11BrN2O4. The van der Waals surface area contributed by atoms with E-state index in [1.54, 1.807) is 36.4 Å². The Morgan fingerprint density at radius 1 is 1.22 bits per heavy atom. The molecule has 0 fully saturated rings. The van der Waals surface area contributed by atoms with E-state index in [1.165, 1.54) is 7.11 Å². The van der Waals surface area contributed by atoms with Gasteiger partial charge in [0.05, 0.1) is 18.2 Å². The minimum Gasteiger partial charge on any atom is -0.464 e. The van der Waals surface area contributed by atoms with Crippen molar-refractivity contribution in [1.29, 1.82) is 0 Å². The van der Waals surface area contributed by atoms with E-state index in [0.29, 0.717) is 26.7 Å². The molecule has 23 heavy (non-hydrogen) atoms. The van der Waals surface area contributed by atoms with Gasteiger partial charge in [0.1, 0.15) is 0 Å². The molecule has 0 aliphatic carbocycles. The second-order valence-electron chi connectivity index (χ2n) is 4.67. The van der Waals surface area contributed by atoms with Crippen LogP contribution in [-0.4, -0.2) is 24.1 Å². The number of anilines is 1. The molecule has 0 saturated heterocycles. The number of nitrogens with zero attached hydrogens (tertiary/aromatic N) is 1. The zero-order valence-corrected chi connectivity index (χ0v) is 13.6. The number of carbonyl (C=O) groups is 2. The van der Waals surface area contributed by atoms with Gasteiger partial charge in [-0.1, -0.05) is 23.4 Å². The summed E-state index contributed by atoms with van der Waals surface area (Å²) in [6, 6.07) is 12.1. The number of amides is 1. The van der Waals surface area contributed by atoms with Gasteiger partial charge >= 0.3 is 5.97 Å². The maximum atomic E-state index is 12.2. The predicted molar refractivity (Wildman–Crippen MR) is 87.4 cm³/mol. The number of halogens is 1. The molecule has 116 valence electrons. The molecule has 1 heterocycles. The van der Waals surface area contributed by atoms with Crippen molar-refractivity contribution in [2.24, 2.45) is 0 Å². The first kappa shape index (κ1) is 15.2. The van der Waals surface area contributed by atoms with Crippen LogP contribution in [0, 0.1) is 0 Å². The van der Waals surface area contributed by atoms with Gasteiger partial charge in [-0.05, 0) is 34.1 Å². The maximum absolute atomic E-state index is 12.2. The number of fused-ring (bicyclic) bond motifs is 1. The Hall–Kier alpha value is -2.67. The highest BCUT2D eigenvalue weighted by atomic mass is 79.9. The average Bonchev–Trinajstić information content (AvgIpc) is 2.98. The Bertz CT molecular complexity index is 890. The molecule has 1 N–H and O–H groups in total. The van der Waals surface area contributed by atoms with Crippen LogP contribution in [0.25, 0.3) is 11.0 Å². The van der Waals surface area contributed by atoms with Crippen LogP contribution in [0.1, 0.15) is 20.8 Å². The van der Waals surface area contributed by atoms with Crippen molar-refractivity contribution in [3.05, 3.63) is 58.2 Å². The fraction of sp³-hybridized carbons (Fsp3) is 0.0625. The summed E-state index contributed by atoms with van der Waals surface area (Å²) in [5.74, 6) is -0.838. The molecule has 0 spiro atoms. The molecule has 0 saturated carbocycles. The van der Waals surface area contributed by atoms with Crippen LogP contribution in [0.15, 0.2) is 51.5 Å². The van der Waals surface area contributed by atoms with Gasteiger partial charge < -0.3 is 14.6 Å². The molecule has 0 aliphatic heterocycles. The number of benzene rings is 2. The van der Waals surface area contributed by atoms with Crippen LogP contribution in [0.4, 0.5) is 5.69 Å². The van der Waals surface area contributed by atoms with E-state index in [0.717, 1.165) is 0 Å². The SMILES string of the molecule is COC(=O)c1noc2cc(NC(=O)c3ccccc3)c(Br)cc12. The largest absolute Gasteiger partial charge is 0.464 e. The summed E-state index contributed by atoms with van der Waals surface area (Å²) in [5.41, 5.74) is 1.51. The van der Waals surface area contributed by atoms with Crippen LogP contribution in [0.5, 0.6) is 0 Å². The monoisotopic (exact) mass is 374 g/mol. The average molecular weight is 375 g/mol. The smallest absolute Gasteiger partial charge is 0.360 e. The van der Waals surface area contributed by atoms with Crippen molar-refractivity contribution >= 4 is 44.5 Å². The molecule has 3 aromatic rings. The quantitative estimate of drug-likeness (QED) is 0.707. The lowest BCUT2D eigenvalue weighted by Gasteiger charge is -2.07. The van der Waals surface area contributed by atoms with Crippen molar-refractivity contribution < 1.29 is 18.8 Å². The number of ether oxygens (including phenoxy) is 1. The number of carbonyl (C=O) groups excluding carboxylic acids is 2. The molecule has 0 atom stereocenters. The Balaban J connectivity index is 1.95. The highest BCUT2D eigenvalue weighted by molar-refractivity contribution is 9.10. The highest BCUT2D eigenvalue weighted by Gasteiger charge is 2.19. The first-order valence-corrected chi connectivity index (χ1v) is 7.43. The first-order chi connectivity index (χ1) is 11.1. The zero-order chi connectivity index (χ0) is 16.4. The molecule has 0 unspecified atom stereocenters. The molecule has 1 aromatic heterocycles. The first-order valence-electron chi connectivity index (χ1n) is 6.64. The highest BCUT2D eigenvalue weighted by Crippen LogP contribution is 2.31. The summed E-state index contributed by atoms with van der Waals surface area (Å²) in [6.07, 6.45) is 0. The molecule has 6 nitrogen and oxygen atoms in total. The zero-order valence-electron chi connectivity index (χ0n) is 12.0. The number of hydrogen-bond donors (Lipinski definition) is 1. The summed E-state index contributed by atoms with van der Waals surface area (Å²) in [5, 5.41) is 6.99. The standard InChI is InChI=1S/C16H11BrN2O4/c1-22-16(21)14-10-7-11(17)12(8-13(10)23-19-14)18-15(20)9-5-3-2-4-6-9/h2-8H,1H3,(H,18,20). The normalized spacial score (nSPS) is 10.5. The fourth-order valence-electron chi connectivity index (χ4n) is 2.08. The predicted octanol–water partition coefficient (Wildman–Crippen LogP) is 3.63. The van der Waals surface area contributed by atoms with Gasteiger partial charge in [0, 0.05) is 16.1 Å². The summed E-state index contributed by atoms with van der Waals surface area (Å²) in [7, 11) is 1.27. The van der Waals surface area contributed by atoms with E-state index >= 15 is 0 Å². The van der Waals surface area contributed by atoms with Crippen LogP contribution in [0.3, 0.4) is 0 Å². The Kier molecular flexibility index (Phi) is 4.12. The lowest BCUT2D eigenvalue weighted by atomic mass is 10.1. The molecule has 0 radical (unpaired) electrons. The van der Waals surface area contributed by atoms with Gasteiger partial charge in [-0.2, -0.15) is 0 Å². The van der Waals surface area contributed by atoms with E-state index in [9.17, 15) is 9.59 Å². The van der Waals surface area contributed by atoms with Crippen molar-refractivity contribution in [1.82, 2.24) is 5.16 Å². The number of esters is 1. The number of hydrogen-bond acceptors (Lipinski definition) is 5. The summed E-state index contributed by atoms with van der Waals surface area (Å²) >= 11 is 3.37.